The van der Waals surface area contributed by atoms with Gasteiger partial charge in [-0.05, 0) is 34.9 Å². The zero-order valence-corrected chi connectivity index (χ0v) is 22.7. The predicted molar refractivity (Wildman–Crippen MR) is 151 cm³/mol. The molecule has 2 amide bonds. The van der Waals surface area contributed by atoms with E-state index in [1.807, 2.05) is 71.6 Å². The minimum absolute atomic E-state index is 0.0340. The van der Waals surface area contributed by atoms with Gasteiger partial charge in [-0.25, -0.2) is 9.59 Å². The molecule has 0 bridgehead atoms. The van der Waals surface area contributed by atoms with Crippen molar-refractivity contribution in [3.63, 3.8) is 0 Å². The number of amides is 2. The van der Waals surface area contributed by atoms with E-state index < -0.39 is 30.1 Å². The summed E-state index contributed by atoms with van der Waals surface area (Å²) in [6.45, 7) is 0.887. The summed E-state index contributed by atoms with van der Waals surface area (Å²) in [7, 11) is 3.23. The number of carboxylic acid groups (broad SMARTS) is 1. The van der Waals surface area contributed by atoms with E-state index in [-0.39, 0.29) is 32.0 Å². The largest absolute Gasteiger partial charge is 0.480 e. The van der Waals surface area contributed by atoms with Crippen molar-refractivity contribution in [1.82, 2.24) is 15.5 Å². The summed E-state index contributed by atoms with van der Waals surface area (Å²) in [5.74, 6) is -1.67. The monoisotopic (exact) mass is 545 g/mol. The Bertz CT molecular complexity index is 1270. The van der Waals surface area contributed by atoms with E-state index >= 15 is 0 Å². The van der Waals surface area contributed by atoms with Gasteiger partial charge in [-0.15, -0.1) is 0 Å². The lowest BCUT2D eigenvalue weighted by molar-refractivity contribution is -0.142. The van der Waals surface area contributed by atoms with E-state index in [1.165, 1.54) is 7.11 Å². The highest BCUT2D eigenvalue weighted by molar-refractivity contribution is 5.84. The van der Waals surface area contributed by atoms with Gasteiger partial charge >= 0.3 is 12.1 Å². The van der Waals surface area contributed by atoms with E-state index in [2.05, 4.69) is 22.8 Å². The molecule has 0 fully saturated rings. The fourth-order valence-corrected chi connectivity index (χ4v) is 5.00. The first-order chi connectivity index (χ1) is 19.4. The molecule has 0 spiro atoms. The third-order valence-electron chi connectivity index (χ3n) is 6.99. The molecule has 2 atom stereocenters. The molecule has 9 nitrogen and oxygen atoms in total. The van der Waals surface area contributed by atoms with Crippen molar-refractivity contribution in [2.45, 2.75) is 31.0 Å². The molecule has 2 unspecified atom stereocenters. The summed E-state index contributed by atoms with van der Waals surface area (Å²) >= 11 is 0. The van der Waals surface area contributed by atoms with Gasteiger partial charge in [0.1, 0.15) is 12.6 Å². The van der Waals surface area contributed by atoms with Gasteiger partial charge in [-0.2, -0.15) is 0 Å². The van der Waals surface area contributed by atoms with Gasteiger partial charge < -0.3 is 25.2 Å². The van der Waals surface area contributed by atoms with Crippen molar-refractivity contribution >= 4 is 18.0 Å². The molecular formula is C31H35N3O6. The van der Waals surface area contributed by atoms with Crippen molar-refractivity contribution in [2.24, 2.45) is 0 Å². The molecule has 0 heterocycles. The van der Waals surface area contributed by atoms with E-state index in [1.54, 1.807) is 7.05 Å². The lowest BCUT2D eigenvalue weighted by atomic mass is 9.98. The molecule has 9 heteroatoms. The van der Waals surface area contributed by atoms with Gasteiger partial charge in [0, 0.05) is 32.7 Å². The minimum Gasteiger partial charge on any atom is -0.480 e. The highest BCUT2D eigenvalue weighted by atomic mass is 16.5. The second-order valence-corrected chi connectivity index (χ2v) is 9.91. The first kappa shape index (κ1) is 28.8. The smallest absolute Gasteiger partial charge is 0.407 e. The van der Waals surface area contributed by atoms with Crippen molar-refractivity contribution in [2.75, 3.05) is 33.9 Å². The number of alkyl carbamates (subject to hydrolysis) is 1. The Morgan fingerprint density at radius 3 is 2.12 bits per heavy atom. The van der Waals surface area contributed by atoms with Crippen LogP contribution in [0, 0.1) is 0 Å². The number of rotatable bonds is 13. The molecule has 3 N–H and O–H groups in total. The van der Waals surface area contributed by atoms with Crippen molar-refractivity contribution in [1.29, 1.82) is 0 Å². The third-order valence-corrected chi connectivity index (χ3v) is 6.99. The van der Waals surface area contributed by atoms with Crippen LogP contribution in [0.4, 0.5) is 4.79 Å². The maximum absolute atomic E-state index is 12.6. The summed E-state index contributed by atoms with van der Waals surface area (Å²) in [6, 6.07) is 24.7. The molecule has 40 heavy (non-hydrogen) atoms. The summed E-state index contributed by atoms with van der Waals surface area (Å²) in [5.41, 5.74) is 5.56. The maximum Gasteiger partial charge on any atom is 0.407 e. The zero-order chi connectivity index (χ0) is 28.5. The van der Waals surface area contributed by atoms with Gasteiger partial charge in [0.15, 0.2) is 0 Å². The quantitative estimate of drug-likeness (QED) is 0.300. The van der Waals surface area contributed by atoms with Gasteiger partial charge in [0.25, 0.3) is 0 Å². The minimum atomic E-state index is -1.13. The lowest BCUT2D eigenvalue weighted by Crippen LogP contribution is -2.48. The molecule has 1 aliphatic rings. The van der Waals surface area contributed by atoms with Crippen molar-refractivity contribution in [3.05, 3.63) is 95.6 Å². The van der Waals surface area contributed by atoms with Gasteiger partial charge in [-0.1, -0.05) is 78.9 Å². The van der Waals surface area contributed by atoms with E-state index in [0.717, 1.165) is 27.8 Å². The molecule has 1 aliphatic carbocycles. The van der Waals surface area contributed by atoms with Crippen LogP contribution in [0.25, 0.3) is 11.1 Å². The lowest BCUT2D eigenvalue weighted by Gasteiger charge is -2.23. The van der Waals surface area contributed by atoms with Crippen LogP contribution in [0.5, 0.6) is 0 Å². The number of aliphatic carboxylic acids is 1. The van der Waals surface area contributed by atoms with Crippen LogP contribution in [0.15, 0.2) is 78.9 Å². The number of likely N-dealkylation sites (N-methyl/N-ethyl adjacent to an activating group) is 1. The second-order valence-electron chi connectivity index (χ2n) is 9.91. The summed E-state index contributed by atoms with van der Waals surface area (Å²) in [4.78, 5) is 38.7. The number of methoxy groups -OCH3 is 1. The van der Waals surface area contributed by atoms with Crippen LogP contribution in [0.1, 0.15) is 29.0 Å². The Hall–Kier alpha value is -4.21. The predicted octanol–water partition coefficient (Wildman–Crippen LogP) is 3.63. The summed E-state index contributed by atoms with van der Waals surface area (Å²) in [5, 5.41) is 14.8. The summed E-state index contributed by atoms with van der Waals surface area (Å²) in [6.07, 6.45) is -1.39. The van der Waals surface area contributed by atoms with Gasteiger partial charge in [-0.3, -0.25) is 9.69 Å². The molecule has 0 aliphatic heterocycles. The van der Waals surface area contributed by atoms with E-state index in [0.29, 0.717) is 6.54 Å². The Morgan fingerprint density at radius 2 is 1.52 bits per heavy atom. The zero-order valence-electron chi connectivity index (χ0n) is 22.7. The van der Waals surface area contributed by atoms with Crippen LogP contribution in [-0.4, -0.2) is 74.0 Å². The molecule has 210 valence electrons. The molecule has 0 saturated carbocycles. The first-order valence-electron chi connectivity index (χ1n) is 13.2. The fourth-order valence-electron chi connectivity index (χ4n) is 5.00. The number of carbonyl (C=O) groups excluding carboxylic acids is 2. The molecule has 3 aromatic carbocycles. The number of carbonyl (C=O) groups is 3. The molecular weight excluding hydrogens is 510 g/mol. The number of ether oxygens (including phenoxy) is 2. The van der Waals surface area contributed by atoms with Crippen LogP contribution >= 0.6 is 0 Å². The molecule has 3 aromatic rings. The first-order valence-corrected chi connectivity index (χ1v) is 13.2. The number of hydrogen-bond donors (Lipinski definition) is 3. The molecule has 0 aromatic heterocycles. The number of carboxylic acids is 1. The van der Waals surface area contributed by atoms with Gasteiger partial charge in [0.05, 0.1) is 12.5 Å². The number of nitrogens with zero attached hydrogens (tertiary/aromatic N) is 1. The fraction of sp³-hybridized carbons (Fsp3) is 0.323. The molecule has 0 radical (unpaired) electrons. The topological polar surface area (TPSA) is 117 Å². The Kier molecular flexibility index (Phi) is 9.88. The highest BCUT2D eigenvalue weighted by Crippen LogP contribution is 2.44. The summed E-state index contributed by atoms with van der Waals surface area (Å²) < 4.78 is 10.9. The normalized spacial score (nSPS) is 13.7. The molecule has 4 rings (SSSR count). The third kappa shape index (κ3) is 7.46. The van der Waals surface area contributed by atoms with Crippen LogP contribution in [0.3, 0.4) is 0 Å². The van der Waals surface area contributed by atoms with Crippen LogP contribution < -0.4 is 10.6 Å². The Balaban J connectivity index is 1.23. The average Bonchev–Trinajstić information content (AvgIpc) is 3.27. The number of benzene rings is 3. The van der Waals surface area contributed by atoms with Crippen LogP contribution in [-0.2, 0) is 25.6 Å². The standard InChI is InChI=1S/C31H35N3O6/c1-34(18-21-10-4-3-5-11-21)19-28(30(36)37)33-29(35)16-22(39-2)17-32-31(38)40-20-27-25-14-8-6-12-23(25)24-13-7-9-15-26(24)27/h3-15,22,27-28H,16-20H2,1-2H3,(H,32,38)(H,33,35)(H,36,37). The number of nitrogens with one attached hydrogen (secondary N) is 2. The van der Waals surface area contributed by atoms with Crippen molar-refractivity contribution in [3.8, 4) is 11.1 Å². The van der Waals surface area contributed by atoms with Gasteiger partial charge in [0.2, 0.25) is 5.91 Å². The Labute approximate surface area is 234 Å². The van der Waals surface area contributed by atoms with E-state index in [4.69, 9.17) is 9.47 Å². The van der Waals surface area contributed by atoms with Crippen molar-refractivity contribution < 1.29 is 29.0 Å². The second kappa shape index (κ2) is 13.7. The average molecular weight is 546 g/mol. The Morgan fingerprint density at radius 1 is 0.925 bits per heavy atom. The number of hydrogen-bond acceptors (Lipinski definition) is 6. The highest BCUT2D eigenvalue weighted by Gasteiger charge is 2.29. The molecule has 0 saturated heterocycles. The maximum atomic E-state index is 12.6. The SMILES string of the molecule is COC(CNC(=O)OCC1c2ccccc2-c2ccccc21)CC(=O)NC(CN(C)Cc1ccccc1)C(=O)O. The number of fused-ring (bicyclic) bond motifs is 3. The van der Waals surface area contributed by atoms with E-state index in [9.17, 15) is 19.5 Å². The van der Waals surface area contributed by atoms with Crippen LogP contribution in [0.2, 0.25) is 0 Å².